The predicted octanol–water partition coefficient (Wildman–Crippen LogP) is 2.93. The number of hydrogen-bond acceptors (Lipinski definition) is 5. The molecule has 0 bridgehead atoms. The first kappa shape index (κ1) is 16.7. The molecule has 0 saturated carbocycles. The fraction of sp³-hybridized carbons (Fsp3) is 0.263. The van der Waals surface area contributed by atoms with Crippen LogP contribution in [0.1, 0.15) is 31.0 Å². The lowest BCUT2D eigenvalue weighted by atomic mass is 10.1. The minimum absolute atomic E-state index is 0.211. The van der Waals surface area contributed by atoms with E-state index in [-0.39, 0.29) is 18.7 Å². The number of amides is 1. The van der Waals surface area contributed by atoms with Crippen LogP contribution in [0.15, 0.2) is 42.5 Å². The van der Waals surface area contributed by atoms with Crippen LogP contribution < -0.4 is 19.5 Å². The van der Waals surface area contributed by atoms with Crippen molar-refractivity contribution in [3.63, 3.8) is 0 Å². The van der Waals surface area contributed by atoms with Gasteiger partial charge in [-0.15, -0.1) is 0 Å². The van der Waals surface area contributed by atoms with Crippen LogP contribution in [0.3, 0.4) is 0 Å². The summed E-state index contributed by atoms with van der Waals surface area (Å²) in [5, 5.41) is 12.0. The Labute approximate surface area is 145 Å². The zero-order chi connectivity index (χ0) is 17.8. The molecule has 6 heteroatoms. The molecule has 0 fully saturated rings. The fourth-order valence-corrected chi connectivity index (χ4v) is 2.50. The second-order valence-electron chi connectivity index (χ2n) is 5.71. The lowest BCUT2D eigenvalue weighted by molar-refractivity contribution is -0.127. The van der Waals surface area contributed by atoms with Crippen molar-refractivity contribution in [3.8, 4) is 23.3 Å². The summed E-state index contributed by atoms with van der Waals surface area (Å²) in [5.74, 6) is 1.50. The van der Waals surface area contributed by atoms with E-state index in [2.05, 4.69) is 5.32 Å². The van der Waals surface area contributed by atoms with E-state index in [1.54, 1.807) is 31.2 Å². The maximum atomic E-state index is 12.4. The van der Waals surface area contributed by atoms with Crippen molar-refractivity contribution < 1.29 is 19.0 Å². The second kappa shape index (κ2) is 7.14. The van der Waals surface area contributed by atoms with Crippen LogP contribution in [0.4, 0.5) is 0 Å². The Morgan fingerprint density at radius 3 is 2.76 bits per heavy atom. The van der Waals surface area contributed by atoms with Crippen molar-refractivity contribution in [1.29, 1.82) is 5.26 Å². The highest BCUT2D eigenvalue weighted by Gasteiger charge is 2.21. The Balaban J connectivity index is 1.64. The van der Waals surface area contributed by atoms with Gasteiger partial charge in [0.2, 0.25) is 6.79 Å². The third kappa shape index (κ3) is 3.66. The number of carbonyl (C=O) groups excluding carboxylic acids is 1. The molecule has 2 aromatic rings. The van der Waals surface area contributed by atoms with Gasteiger partial charge < -0.3 is 19.5 Å². The van der Waals surface area contributed by atoms with E-state index in [0.29, 0.717) is 22.8 Å². The normalized spacial score (nSPS) is 14.3. The maximum absolute atomic E-state index is 12.4. The van der Waals surface area contributed by atoms with Crippen LogP contribution in [-0.4, -0.2) is 18.8 Å². The lowest BCUT2D eigenvalue weighted by Gasteiger charge is -2.19. The van der Waals surface area contributed by atoms with Crippen LogP contribution in [0.2, 0.25) is 0 Å². The van der Waals surface area contributed by atoms with Gasteiger partial charge in [-0.1, -0.05) is 18.2 Å². The topological polar surface area (TPSA) is 80.6 Å². The summed E-state index contributed by atoms with van der Waals surface area (Å²) in [7, 11) is 0. The number of fused-ring (bicyclic) bond motifs is 1. The minimum atomic E-state index is -0.731. The molecule has 0 spiro atoms. The molecular weight excluding hydrogens is 320 g/mol. The highest BCUT2D eigenvalue weighted by atomic mass is 16.7. The van der Waals surface area contributed by atoms with Gasteiger partial charge in [0.05, 0.1) is 11.6 Å². The third-order valence-electron chi connectivity index (χ3n) is 3.94. The molecule has 1 amide bonds. The van der Waals surface area contributed by atoms with Gasteiger partial charge in [0.15, 0.2) is 17.6 Å². The first-order valence-corrected chi connectivity index (χ1v) is 7.94. The number of para-hydroxylation sites is 1. The summed E-state index contributed by atoms with van der Waals surface area (Å²) < 4.78 is 16.3. The molecule has 128 valence electrons. The third-order valence-corrected chi connectivity index (χ3v) is 3.94. The molecule has 0 aromatic heterocycles. The highest BCUT2D eigenvalue weighted by Crippen LogP contribution is 2.34. The molecule has 2 unspecified atom stereocenters. The number of hydrogen-bond donors (Lipinski definition) is 1. The minimum Gasteiger partial charge on any atom is -0.480 e. The van der Waals surface area contributed by atoms with Crippen molar-refractivity contribution in [2.75, 3.05) is 6.79 Å². The molecular formula is C19H18N2O4. The van der Waals surface area contributed by atoms with Gasteiger partial charge in [-0.3, -0.25) is 4.79 Å². The number of carbonyl (C=O) groups is 1. The molecule has 2 aromatic carbocycles. The van der Waals surface area contributed by atoms with Crippen LogP contribution in [0, 0.1) is 11.3 Å². The lowest BCUT2D eigenvalue weighted by Crippen LogP contribution is -2.37. The quantitative estimate of drug-likeness (QED) is 0.906. The van der Waals surface area contributed by atoms with Crippen molar-refractivity contribution in [2.45, 2.75) is 26.0 Å². The molecule has 0 radical (unpaired) electrons. The monoisotopic (exact) mass is 338 g/mol. The van der Waals surface area contributed by atoms with Crippen LogP contribution in [-0.2, 0) is 4.79 Å². The molecule has 0 saturated heterocycles. The number of benzene rings is 2. The van der Waals surface area contributed by atoms with Crippen LogP contribution in [0.5, 0.6) is 17.2 Å². The average Bonchev–Trinajstić information content (AvgIpc) is 3.09. The average molecular weight is 338 g/mol. The standard InChI is InChI=1S/C19H18N2O4/c1-12(14-7-8-17-18(9-14)24-11-23-17)21-19(22)13(2)25-16-6-4-3-5-15(16)10-20/h3-9,12-13H,11H2,1-2H3,(H,21,22). The van der Waals surface area contributed by atoms with Crippen LogP contribution in [0.25, 0.3) is 0 Å². The first-order chi connectivity index (χ1) is 12.1. The van der Waals surface area contributed by atoms with Gasteiger partial charge in [0.1, 0.15) is 11.8 Å². The van der Waals surface area contributed by atoms with Gasteiger partial charge in [0.25, 0.3) is 5.91 Å². The predicted molar refractivity (Wildman–Crippen MR) is 90.4 cm³/mol. The molecule has 0 aliphatic carbocycles. The van der Waals surface area contributed by atoms with Crippen molar-refractivity contribution in [2.24, 2.45) is 0 Å². The molecule has 3 rings (SSSR count). The van der Waals surface area contributed by atoms with Gasteiger partial charge in [0, 0.05) is 0 Å². The van der Waals surface area contributed by atoms with Gasteiger partial charge in [-0.05, 0) is 43.7 Å². The van der Waals surface area contributed by atoms with E-state index in [0.717, 1.165) is 5.56 Å². The maximum Gasteiger partial charge on any atom is 0.261 e. The highest BCUT2D eigenvalue weighted by molar-refractivity contribution is 5.81. The van der Waals surface area contributed by atoms with E-state index >= 15 is 0 Å². The Kier molecular flexibility index (Phi) is 4.75. The van der Waals surface area contributed by atoms with Gasteiger partial charge in [-0.2, -0.15) is 5.26 Å². The van der Waals surface area contributed by atoms with E-state index in [9.17, 15) is 4.79 Å². The van der Waals surface area contributed by atoms with E-state index in [4.69, 9.17) is 19.5 Å². The van der Waals surface area contributed by atoms with Crippen molar-refractivity contribution in [1.82, 2.24) is 5.32 Å². The molecule has 1 N–H and O–H groups in total. The van der Waals surface area contributed by atoms with Gasteiger partial charge in [-0.25, -0.2) is 0 Å². The molecule has 1 heterocycles. The van der Waals surface area contributed by atoms with E-state index in [1.165, 1.54) is 0 Å². The van der Waals surface area contributed by atoms with Crippen LogP contribution >= 0.6 is 0 Å². The number of rotatable bonds is 5. The Morgan fingerprint density at radius 1 is 1.20 bits per heavy atom. The van der Waals surface area contributed by atoms with E-state index < -0.39 is 6.10 Å². The summed E-state index contributed by atoms with van der Waals surface area (Å²) in [6.07, 6.45) is -0.731. The van der Waals surface area contributed by atoms with Crippen molar-refractivity contribution in [3.05, 3.63) is 53.6 Å². The molecule has 6 nitrogen and oxygen atoms in total. The molecule has 1 aliphatic heterocycles. The largest absolute Gasteiger partial charge is 0.480 e. The first-order valence-electron chi connectivity index (χ1n) is 7.94. The van der Waals surface area contributed by atoms with Crippen molar-refractivity contribution >= 4 is 5.91 Å². The molecule has 2 atom stereocenters. The number of nitrogens with zero attached hydrogens (tertiary/aromatic N) is 1. The Bertz CT molecular complexity index is 828. The Hall–Kier alpha value is -3.20. The number of nitrogens with one attached hydrogen (secondary N) is 1. The molecule has 25 heavy (non-hydrogen) atoms. The Morgan fingerprint density at radius 2 is 1.96 bits per heavy atom. The second-order valence-corrected chi connectivity index (χ2v) is 5.71. The SMILES string of the molecule is CC(Oc1ccccc1C#N)C(=O)NC(C)c1ccc2c(c1)OCO2. The zero-order valence-corrected chi connectivity index (χ0v) is 14.0. The van der Waals surface area contributed by atoms with E-state index in [1.807, 2.05) is 31.2 Å². The summed E-state index contributed by atoms with van der Waals surface area (Å²) in [5.41, 5.74) is 1.30. The fourth-order valence-electron chi connectivity index (χ4n) is 2.50. The number of ether oxygens (including phenoxy) is 3. The smallest absolute Gasteiger partial charge is 0.261 e. The summed E-state index contributed by atoms with van der Waals surface area (Å²) in [4.78, 5) is 12.4. The zero-order valence-electron chi connectivity index (χ0n) is 14.0. The summed E-state index contributed by atoms with van der Waals surface area (Å²) >= 11 is 0. The number of nitriles is 1. The summed E-state index contributed by atoms with van der Waals surface area (Å²) in [6.45, 7) is 3.74. The van der Waals surface area contributed by atoms with Gasteiger partial charge >= 0.3 is 0 Å². The molecule has 1 aliphatic rings. The summed E-state index contributed by atoms with van der Waals surface area (Å²) in [6, 6.07) is 14.2.